The molecule has 0 saturated heterocycles. The number of amides is 1. The molecule has 2 aromatic heterocycles. The van der Waals surface area contributed by atoms with E-state index in [1.165, 1.54) is 0 Å². The Morgan fingerprint density at radius 3 is 2.65 bits per heavy atom. The number of nitrogens with zero attached hydrogens (tertiary/aromatic N) is 3. The highest BCUT2D eigenvalue weighted by atomic mass is 35.5. The first-order chi connectivity index (χ1) is 12.3. The topological polar surface area (TPSA) is 69.0 Å². The summed E-state index contributed by atoms with van der Waals surface area (Å²) in [6.07, 6.45) is 1.84. The maximum Gasteiger partial charge on any atom is 0.407 e. The molecule has 2 heterocycles. The number of fused-ring (bicyclic) bond motifs is 1. The summed E-state index contributed by atoms with van der Waals surface area (Å²) in [6.45, 7) is 5.90. The molecule has 1 aromatic carbocycles. The van der Waals surface area contributed by atoms with Gasteiger partial charge in [-0.3, -0.25) is 4.57 Å². The molecule has 0 unspecified atom stereocenters. The number of aromatic nitrogens is 3. The zero-order valence-corrected chi connectivity index (χ0v) is 15.7. The van der Waals surface area contributed by atoms with Crippen molar-refractivity contribution < 1.29 is 9.53 Å². The Balaban J connectivity index is 1.83. The summed E-state index contributed by atoms with van der Waals surface area (Å²) >= 11 is 6.00. The Labute approximate surface area is 157 Å². The average Bonchev–Trinajstić information content (AvgIpc) is 2.92. The summed E-state index contributed by atoms with van der Waals surface area (Å²) in [6, 6.07) is 11.3. The molecule has 1 amide bonds. The molecule has 136 valence electrons. The van der Waals surface area contributed by atoms with Crippen molar-refractivity contribution in [1.29, 1.82) is 0 Å². The fourth-order valence-corrected chi connectivity index (χ4v) is 2.71. The van der Waals surface area contributed by atoms with E-state index in [1.54, 1.807) is 6.20 Å². The van der Waals surface area contributed by atoms with E-state index in [0.29, 0.717) is 18.0 Å². The molecule has 0 aliphatic heterocycles. The number of hydrogen-bond donors (Lipinski definition) is 1. The lowest BCUT2D eigenvalue weighted by Crippen LogP contribution is -2.33. The van der Waals surface area contributed by atoms with Gasteiger partial charge in [0.25, 0.3) is 0 Å². The molecule has 0 radical (unpaired) electrons. The van der Waals surface area contributed by atoms with Crippen molar-refractivity contribution in [3.63, 3.8) is 0 Å². The SMILES string of the molecule is CC(C)(C)OC(=O)NCCc1nc2cccnc2n1-c1ccc(Cl)cc1. The van der Waals surface area contributed by atoms with Crippen LogP contribution in [0.5, 0.6) is 0 Å². The number of pyridine rings is 1. The van der Waals surface area contributed by atoms with E-state index in [4.69, 9.17) is 16.3 Å². The lowest BCUT2D eigenvalue weighted by Gasteiger charge is -2.19. The van der Waals surface area contributed by atoms with Gasteiger partial charge in [-0.2, -0.15) is 0 Å². The number of imidazole rings is 1. The van der Waals surface area contributed by atoms with Gasteiger partial charge in [0, 0.05) is 29.9 Å². The minimum atomic E-state index is -0.523. The van der Waals surface area contributed by atoms with Crippen molar-refractivity contribution in [2.45, 2.75) is 32.8 Å². The fourth-order valence-electron chi connectivity index (χ4n) is 2.58. The summed E-state index contributed by atoms with van der Waals surface area (Å²) < 4.78 is 7.23. The van der Waals surface area contributed by atoms with E-state index in [2.05, 4.69) is 15.3 Å². The summed E-state index contributed by atoms with van der Waals surface area (Å²) in [5, 5.41) is 3.43. The maximum atomic E-state index is 11.8. The first kappa shape index (κ1) is 18.2. The number of halogens is 1. The van der Waals surface area contributed by atoms with Gasteiger partial charge in [-0.25, -0.2) is 14.8 Å². The number of hydrogen-bond acceptors (Lipinski definition) is 4. The molecule has 26 heavy (non-hydrogen) atoms. The zero-order chi connectivity index (χ0) is 18.7. The summed E-state index contributed by atoms with van der Waals surface area (Å²) in [5.74, 6) is 0.803. The average molecular weight is 373 g/mol. The number of nitrogens with one attached hydrogen (secondary N) is 1. The van der Waals surface area contributed by atoms with Gasteiger partial charge < -0.3 is 10.1 Å². The molecule has 7 heteroatoms. The largest absolute Gasteiger partial charge is 0.444 e. The third-order valence-electron chi connectivity index (χ3n) is 3.59. The Kier molecular flexibility index (Phi) is 5.13. The van der Waals surface area contributed by atoms with Crippen molar-refractivity contribution in [3.8, 4) is 5.69 Å². The van der Waals surface area contributed by atoms with Crippen LogP contribution in [-0.4, -0.2) is 32.8 Å². The van der Waals surface area contributed by atoms with Crippen LogP contribution in [0.25, 0.3) is 16.9 Å². The molecule has 0 aliphatic rings. The molecule has 0 atom stereocenters. The van der Waals surface area contributed by atoms with E-state index in [0.717, 1.165) is 22.7 Å². The second-order valence-electron chi connectivity index (χ2n) is 6.86. The molecule has 0 bridgehead atoms. The van der Waals surface area contributed by atoms with Gasteiger partial charge in [0.15, 0.2) is 5.65 Å². The van der Waals surface area contributed by atoms with Crippen LogP contribution < -0.4 is 5.32 Å². The first-order valence-corrected chi connectivity index (χ1v) is 8.76. The van der Waals surface area contributed by atoms with Crippen LogP contribution in [0.15, 0.2) is 42.6 Å². The van der Waals surface area contributed by atoms with Crippen LogP contribution in [0.3, 0.4) is 0 Å². The Morgan fingerprint density at radius 2 is 1.96 bits per heavy atom. The van der Waals surface area contributed by atoms with Gasteiger partial charge in [0.1, 0.15) is 16.9 Å². The minimum absolute atomic E-state index is 0.409. The Morgan fingerprint density at radius 1 is 1.23 bits per heavy atom. The molecular formula is C19H21ClN4O2. The molecule has 0 aliphatic carbocycles. The van der Waals surface area contributed by atoms with Gasteiger partial charge in [-0.15, -0.1) is 0 Å². The van der Waals surface area contributed by atoms with Crippen LogP contribution in [-0.2, 0) is 11.2 Å². The minimum Gasteiger partial charge on any atom is -0.444 e. The van der Waals surface area contributed by atoms with Crippen molar-refractivity contribution in [3.05, 3.63) is 53.4 Å². The van der Waals surface area contributed by atoms with Gasteiger partial charge >= 0.3 is 6.09 Å². The van der Waals surface area contributed by atoms with Crippen LogP contribution in [0.4, 0.5) is 4.79 Å². The predicted octanol–water partition coefficient (Wildman–Crippen LogP) is 4.14. The lowest BCUT2D eigenvalue weighted by molar-refractivity contribution is 0.0528. The van der Waals surface area contributed by atoms with Gasteiger partial charge in [0.05, 0.1) is 0 Å². The van der Waals surface area contributed by atoms with Crippen LogP contribution in [0.1, 0.15) is 26.6 Å². The van der Waals surface area contributed by atoms with Gasteiger partial charge in [-0.05, 0) is 57.2 Å². The summed E-state index contributed by atoms with van der Waals surface area (Å²) in [7, 11) is 0. The predicted molar refractivity (Wildman–Crippen MR) is 102 cm³/mol. The molecule has 1 N–H and O–H groups in total. The second kappa shape index (κ2) is 7.33. The first-order valence-electron chi connectivity index (χ1n) is 8.39. The molecular weight excluding hydrogens is 352 g/mol. The molecule has 6 nitrogen and oxygen atoms in total. The normalized spacial score (nSPS) is 11.5. The van der Waals surface area contributed by atoms with Crippen molar-refractivity contribution >= 4 is 28.9 Å². The smallest absolute Gasteiger partial charge is 0.407 e. The van der Waals surface area contributed by atoms with E-state index in [9.17, 15) is 4.79 Å². The van der Waals surface area contributed by atoms with Crippen molar-refractivity contribution in [2.75, 3.05) is 6.54 Å². The maximum absolute atomic E-state index is 11.8. The highest BCUT2D eigenvalue weighted by Crippen LogP contribution is 2.21. The van der Waals surface area contributed by atoms with Crippen LogP contribution in [0, 0.1) is 0 Å². The molecule has 0 fully saturated rings. The zero-order valence-electron chi connectivity index (χ0n) is 15.0. The third-order valence-corrected chi connectivity index (χ3v) is 3.84. The third kappa shape index (κ3) is 4.32. The van der Waals surface area contributed by atoms with Crippen LogP contribution in [0.2, 0.25) is 5.02 Å². The van der Waals surface area contributed by atoms with Gasteiger partial charge in [0.2, 0.25) is 0 Å². The van der Waals surface area contributed by atoms with Crippen molar-refractivity contribution in [2.24, 2.45) is 0 Å². The number of carbonyl (C=O) groups is 1. The van der Waals surface area contributed by atoms with E-state index < -0.39 is 11.7 Å². The highest BCUT2D eigenvalue weighted by molar-refractivity contribution is 6.30. The quantitative estimate of drug-likeness (QED) is 0.747. The monoisotopic (exact) mass is 372 g/mol. The highest BCUT2D eigenvalue weighted by Gasteiger charge is 2.17. The van der Waals surface area contributed by atoms with Crippen molar-refractivity contribution in [1.82, 2.24) is 19.9 Å². The summed E-state index contributed by atoms with van der Waals surface area (Å²) in [5.41, 5.74) is 1.96. The fraction of sp³-hybridized carbons (Fsp3) is 0.316. The Bertz CT molecular complexity index is 913. The van der Waals surface area contributed by atoms with E-state index in [-0.39, 0.29) is 0 Å². The Hall–Kier alpha value is -2.60. The summed E-state index contributed by atoms with van der Waals surface area (Å²) in [4.78, 5) is 20.9. The number of rotatable bonds is 4. The van der Waals surface area contributed by atoms with Gasteiger partial charge in [-0.1, -0.05) is 11.6 Å². The van der Waals surface area contributed by atoms with E-state index in [1.807, 2.05) is 61.7 Å². The molecule has 0 saturated carbocycles. The second-order valence-corrected chi connectivity index (χ2v) is 7.30. The number of benzene rings is 1. The lowest BCUT2D eigenvalue weighted by atomic mass is 10.2. The molecule has 3 rings (SSSR count). The number of ether oxygens (including phenoxy) is 1. The standard InChI is InChI=1S/C19H21ClN4O2/c1-19(2,3)26-18(25)22-12-10-16-23-15-5-4-11-21-17(15)24(16)14-8-6-13(20)7-9-14/h4-9,11H,10,12H2,1-3H3,(H,22,25). The van der Waals surface area contributed by atoms with Crippen LogP contribution >= 0.6 is 11.6 Å². The number of alkyl carbamates (subject to hydrolysis) is 1. The molecule has 0 spiro atoms. The molecule has 3 aromatic rings. The van der Waals surface area contributed by atoms with E-state index >= 15 is 0 Å². The number of carbonyl (C=O) groups excluding carboxylic acids is 1.